The number of benzene rings is 1. The van der Waals surface area contributed by atoms with E-state index in [2.05, 4.69) is 27.7 Å². The molecule has 1 aliphatic carbocycles. The number of amidine groups is 1. The second kappa shape index (κ2) is 9.46. The summed E-state index contributed by atoms with van der Waals surface area (Å²) >= 11 is 0. The van der Waals surface area contributed by atoms with Crippen LogP contribution >= 0.6 is 0 Å². The quantitative estimate of drug-likeness (QED) is 0.329. The van der Waals surface area contributed by atoms with Crippen molar-refractivity contribution in [3.8, 4) is 6.07 Å². The van der Waals surface area contributed by atoms with Crippen LogP contribution in [0.1, 0.15) is 42.6 Å². The molecule has 10 nitrogen and oxygen atoms in total. The number of hydrazone groups is 1. The van der Waals surface area contributed by atoms with Crippen molar-refractivity contribution in [1.29, 1.82) is 10.7 Å². The van der Waals surface area contributed by atoms with Crippen molar-refractivity contribution in [2.45, 2.75) is 51.6 Å². The summed E-state index contributed by atoms with van der Waals surface area (Å²) in [7, 11) is 0. The van der Waals surface area contributed by atoms with Crippen LogP contribution in [0, 0.1) is 30.6 Å². The molecule has 1 fully saturated rings. The maximum Gasteiger partial charge on any atom is 0.290 e. The lowest BCUT2D eigenvalue weighted by atomic mass is 9.90. The molecule has 35 heavy (non-hydrogen) atoms. The minimum Gasteiger partial charge on any atom is -0.454 e. The van der Waals surface area contributed by atoms with Gasteiger partial charge in [-0.2, -0.15) is 10.4 Å². The Hall–Kier alpha value is -4.39. The van der Waals surface area contributed by atoms with Crippen molar-refractivity contribution in [1.82, 2.24) is 16.1 Å². The zero-order valence-electron chi connectivity index (χ0n) is 19.6. The van der Waals surface area contributed by atoms with Crippen LogP contribution in [0.3, 0.4) is 0 Å². The lowest BCUT2D eigenvalue weighted by Crippen LogP contribution is -2.44. The Labute approximate surface area is 202 Å². The number of hydrogen-bond acceptors (Lipinski definition) is 8. The molecule has 2 amide bonds. The monoisotopic (exact) mass is 473 g/mol. The van der Waals surface area contributed by atoms with Gasteiger partial charge in [0.2, 0.25) is 0 Å². The summed E-state index contributed by atoms with van der Waals surface area (Å²) < 4.78 is 6.20. The van der Waals surface area contributed by atoms with Gasteiger partial charge in [0.1, 0.15) is 22.9 Å². The van der Waals surface area contributed by atoms with Crippen LogP contribution in [0.25, 0.3) is 16.7 Å². The number of hydrogen-bond donors (Lipinski definition) is 5. The van der Waals surface area contributed by atoms with Crippen LogP contribution < -0.4 is 21.8 Å². The number of rotatable bonds is 5. The molecule has 0 spiro atoms. The Morgan fingerprint density at radius 2 is 1.91 bits per heavy atom. The summed E-state index contributed by atoms with van der Waals surface area (Å²) in [6.45, 7) is 7.38. The minimum atomic E-state index is -0.651. The maximum absolute atomic E-state index is 12.2. The minimum absolute atomic E-state index is 0.0177. The molecule has 6 N–H and O–H groups in total. The van der Waals surface area contributed by atoms with Crippen LogP contribution in [0.15, 0.2) is 45.4 Å². The van der Waals surface area contributed by atoms with E-state index < -0.39 is 11.8 Å². The van der Waals surface area contributed by atoms with Crippen LogP contribution in [0.2, 0.25) is 0 Å². The number of carbonyl (C=O) groups excluding carboxylic acids is 2. The van der Waals surface area contributed by atoms with E-state index in [1.54, 1.807) is 6.07 Å². The number of fused-ring (bicyclic) bond motifs is 1. The average Bonchev–Trinajstić information content (AvgIpc) is 3.17. The molecular weight excluding hydrogens is 446 g/mol. The molecule has 2 heterocycles. The molecule has 10 heteroatoms. The lowest BCUT2D eigenvalue weighted by molar-refractivity contribution is -0.118. The predicted molar refractivity (Wildman–Crippen MR) is 132 cm³/mol. The number of amides is 2. The number of carbonyl (C=O) groups is 2. The zero-order chi connectivity index (χ0) is 25.3. The summed E-state index contributed by atoms with van der Waals surface area (Å²) in [5.74, 6) is -0.587. The first-order chi connectivity index (χ1) is 16.7. The molecule has 1 aliphatic heterocycles. The molecule has 0 radical (unpaired) electrons. The van der Waals surface area contributed by atoms with Crippen LogP contribution in [0.4, 0.5) is 0 Å². The van der Waals surface area contributed by atoms with Gasteiger partial charge in [0, 0.05) is 23.0 Å². The lowest BCUT2D eigenvalue weighted by Gasteiger charge is -2.31. The molecule has 0 atom stereocenters. The van der Waals surface area contributed by atoms with Gasteiger partial charge >= 0.3 is 0 Å². The first-order valence-electron chi connectivity index (χ1n) is 11.3. The molecular formula is C25H27N7O3. The third-order valence-corrected chi connectivity index (χ3v) is 6.40. The molecule has 2 aromatic rings. The van der Waals surface area contributed by atoms with Crippen molar-refractivity contribution in [2.24, 2.45) is 10.8 Å². The molecule has 4 rings (SSSR count). The highest BCUT2D eigenvalue weighted by atomic mass is 16.3. The normalized spacial score (nSPS) is 21.6. The summed E-state index contributed by atoms with van der Waals surface area (Å²) in [5.41, 5.74) is 11.2. The Kier molecular flexibility index (Phi) is 6.42. The molecule has 0 unspecified atom stereocenters. The highest BCUT2D eigenvalue weighted by Crippen LogP contribution is 2.33. The Balaban J connectivity index is 1.66. The van der Waals surface area contributed by atoms with E-state index in [1.165, 1.54) is 0 Å². The van der Waals surface area contributed by atoms with E-state index in [1.807, 2.05) is 32.0 Å². The highest BCUT2D eigenvalue weighted by molar-refractivity contribution is 6.53. The SMILES string of the molecule is C=C(C#N)C(=O)NC1CCC(N/C(=C2\C(=N)C(=O)NN=C2N)c2oc3ccc(C)cc3c2C)CC1. The van der Waals surface area contributed by atoms with E-state index in [0.717, 1.165) is 16.5 Å². The van der Waals surface area contributed by atoms with E-state index in [9.17, 15) is 9.59 Å². The number of nitrogens with two attached hydrogens (primary N) is 1. The molecule has 0 bridgehead atoms. The largest absolute Gasteiger partial charge is 0.454 e. The predicted octanol–water partition coefficient (Wildman–Crippen LogP) is 2.28. The standard InChI is InChI=1S/C25H27N7O3/c1-12-4-9-18-17(10-12)14(3)22(35-18)21(19-20(27)25(34)32-31-23(19)28)29-15-5-7-16(8-6-15)30-24(33)13(2)11-26/h4,9-10,15-16,27,29H,2,5-8H2,1,3H3,(H2,28,31)(H,30,33)(H,32,34)/b21-19+,27-20?. The number of aryl methyl sites for hydroxylation is 2. The van der Waals surface area contributed by atoms with Crippen LogP contribution in [-0.2, 0) is 9.59 Å². The Morgan fingerprint density at radius 1 is 1.26 bits per heavy atom. The van der Waals surface area contributed by atoms with Gasteiger partial charge in [0.25, 0.3) is 11.8 Å². The highest BCUT2D eigenvalue weighted by Gasteiger charge is 2.32. The van der Waals surface area contributed by atoms with Gasteiger partial charge < -0.3 is 20.8 Å². The van der Waals surface area contributed by atoms with Gasteiger partial charge in [-0.15, -0.1) is 0 Å². The van der Waals surface area contributed by atoms with E-state index in [-0.39, 0.29) is 34.8 Å². The van der Waals surface area contributed by atoms with Crippen LogP contribution in [-0.4, -0.2) is 35.4 Å². The molecule has 0 saturated heterocycles. The molecule has 2 aliphatic rings. The molecule has 1 aromatic carbocycles. The summed E-state index contributed by atoms with van der Waals surface area (Å²) in [6, 6.07) is 7.55. The van der Waals surface area contributed by atoms with Crippen molar-refractivity contribution in [3.63, 3.8) is 0 Å². The number of furan rings is 1. The van der Waals surface area contributed by atoms with Crippen molar-refractivity contribution in [3.05, 3.63) is 52.8 Å². The fourth-order valence-corrected chi connectivity index (χ4v) is 4.45. The number of nitriles is 1. The fraction of sp³-hybridized carbons (Fsp3) is 0.320. The average molecular weight is 474 g/mol. The first-order valence-corrected chi connectivity index (χ1v) is 11.3. The number of nitrogens with one attached hydrogen (secondary N) is 4. The fourth-order valence-electron chi connectivity index (χ4n) is 4.45. The summed E-state index contributed by atoms with van der Waals surface area (Å²) in [6.07, 6.45) is 2.78. The van der Waals surface area contributed by atoms with Crippen molar-refractivity contribution in [2.75, 3.05) is 0 Å². The second-order valence-corrected chi connectivity index (χ2v) is 8.88. The van der Waals surface area contributed by atoms with Gasteiger partial charge in [-0.25, -0.2) is 5.43 Å². The molecule has 180 valence electrons. The Morgan fingerprint density at radius 3 is 2.57 bits per heavy atom. The molecule has 1 saturated carbocycles. The first kappa shape index (κ1) is 23.8. The summed E-state index contributed by atoms with van der Waals surface area (Å²) in [4.78, 5) is 24.2. The third-order valence-electron chi connectivity index (χ3n) is 6.40. The van der Waals surface area contributed by atoms with Crippen molar-refractivity contribution >= 4 is 40.0 Å². The van der Waals surface area contributed by atoms with Crippen LogP contribution in [0.5, 0.6) is 0 Å². The van der Waals surface area contributed by atoms with Crippen molar-refractivity contribution < 1.29 is 14.0 Å². The van der Waals surface area contributed by atoms with Gasteiger partial charge in [0.05, 0.1) is 11.3 Å². The molecule has 1 aromatic heterocycles. The maximum atomic E-state index is 12.2. The van der Waals surface area contributed by atoms with Gasteiger partial charge in [-0.3, -0.25) is 15.0 Å². The smallest absolute Gasteiger partial charge is 0.290 e. The van der Waals surface area contributed by atoms with E-state index >= 15 is 0 Å². The number of nitrogens with zero attached hydrogens (tertiary/aromatic N) is 2. The zero-order valence-corrected chi connectivity index (χ0v) is 19.6. The summed E-state index contributed by atoms with van der Waals surface area (Å²) in [5, 5.41) is 28.4. The van der Waals surface area contributed by atoms with E-state index in [4.69, 9.17) is 20.8 Å². The van der Waals surface area contributed by atoms with E-state index in [0.29, 0.717) is 42.7 Å². The Bertz CT molecular complexity index is 1350. The topological polar surface area (TPSA) is 169 Å². The third kappa shape index (κ3) is 4.66. The second-order valence-electron chi connectivity index (χ2n) is 8.88. The van der Waals surface area contributed by atoms with Gasteiger partial charge in [0.15, 0.2) is 11.6 Å². The van der Waals surface area contributed by atoms with Gasteiger partial charge in [-0.05, 0) is 51.7 Å². The van der Waals surface area contributed by atoms with Gasteiger partial charge in [-0.1, -0.05) is 18.2 Å².